The predicted molar refractivity (Wildman–Crippen MR) is 81.6 cm³/mol. The third-order valence-corrected chi connectivity index (χ3v) is 5.84. The first-order valence-corrected chi connectivity index (χ1v) is 8.06. The quantitative estimate of drug-likeness (QED) is 0.587. The summed E-state index contributed by atoms with van der Waals surface area (Å²) in [5.41, 5.74) is 0.477. The highest BCUT2D eigenvalue weighted by atomic mass is 32.2. The molecule has 1 heteroatoms. The topological polar surface area (TPSA) is 0 Å². The molecule has 0 heterocycles. The molecule has 102 valence electrons. The first-order valence-electron chi connectivity index (χ1n) is 7.18. The van der Waals surface area contributed by atoms with E-state index in [1.807, 2.05) is 0 Å². The first kappa shape index (κ1) is 15.4. The van der Waals surface area contributed by atoms with Crippen LogP contribution < -0.4 is 0 Å². The van der Waals surface area contributed by atoms with Gasteiger partial charge in [0.1, 0.15) is 0 Å². The van der Waals surface area contributed by atoms with Gasteiger partial charge >= 0.3 is 0 Å². The number of rotatable bonds is 1. The van der Waals surface area contributed by atoms with Crippen LogP contribution in [0.3, 0.4) is 0 Å². The minimum absolute atomic E-state index is 0.410. The Balaban J connectivity index is 2.68. The van der Waals surface area contributed by atoms with Crippen LogP contribution >= 0.6 is 11.8 Å². The Labute approximate surface area is 113 Å². The monoisotopic (exact) mass is 256 g/mol. The average molecular weight is 256 g/mol. The Kier molecular flexibility index (Phi) is 4.67. The van der Waals surface area contributed by atoms with Gasteiger partial charge in [-0.1, -0.05) is 55.4 Å². The second-order valence-electron chi connectivity index (χ2n) is 8.17. The van der Waals surface area contributed by atoms with Crippen molar-refractivity contribution in [1.29, 1.82) is 0 Å². The summed E-state index contributed by atoms with van der Waals surface area (Å²) >= 11 is 2.20. The van der Waals surface area contributed by atoms with Crippen LogP contribution in [0.1, 0.15) is 68.2 Å². The zero-order valence-electron chi connectivity index (χ0n) is 13.1. The minimum Gasteiger partial charge on any atom is -0.152 e. The van der Waals surface area contributed by atoms with Crippen molar-refractivity contribution in [1.82, 2.24) is 0 Å². The number of hydrogen-bond acceptors (Lipinski definition) is 1. The van der Waals surface area contributed by atoms with Crippen molar-refractivity contribution in [2.24, 2.45) is 23.2 Å². The molecule has 17 heavy (non-hydrogen) atoms. The van der Waals surface area contributed by atoms with E-state index in [9.17, 15) is 0 Å². The average Bonchev–Trinajstić information content (AvgIpc) is 2.06. The summed E-state index contributed by atoms with van der Waals surface area (Å²) in [5.74, 6) is 2.65. The fourth-order valence-electron chi connectivity index (χ4n) is 3.37. The molecule has 1 rings (SSSR count). The molecule has 0 N–H and O–H groups in total. The van der Waals surface area contributed by atoms with Crippen molar-refractivity contribution in [2.45, 2.75) is 78.2 Å². The molecule has 1 fully saturated rings. The van der Waals surface area contributed by atoms with E-state index in [0.29, 0.717) is 10.2 Å². The highest BCUT2D eigenvalue weighted by molar-refractivity contribution is 8.01. The van der Waals surface area contributed by atoms with Crippen molar-refractivity contribution in [3.8, 4) is 0 Å². The fraction of sp³-hybridized carbons (Fsp3) is 1.00. The maximum absolute atomic E-state index is 2.47. The molecule has 0 spiro atoms. The fourth-order valence-corrected chi connectivity index (χ4v) is 5.02. The summed E-state index contributed by atoms with van der Waals surface area (Å²) in [4.78, 5) is 0. The molecule has 1 aliphatic rings. The second kappa shape index (κ2) is 5.15. The van der Waals surface area contributed by atoms with E-state index in [0.717, 1.165) is 23.0 Å². The van der Waals surface area contributed by atoms with Crippen molar-refractivity contribution in [2.75, 3.05) is 0 Å². The lowest BCUT2D eigenvalue weighted by molar-refractivity contribution is 0.0953. The summed E-state index contributed by atoms with van der Waals surface area (Å²) in [6.07, 6.45) is 2.82. The van der Waals surface area contributed by atoms with Crippen molar-refractivity contribution < 1.29 is 0 Å². The van der Waals surface area contributed by atoms with Gasteiger partial charge in [0.15, 0.2) is 0 Å². The van der Waals surface area contributed by atoms with Crippen LogP contribution in [0.5, 0.6) is 0 Å². The van der Waals surface area contributed by atoms with Gasteiger partial charge in [-0.05, 0) is 36.0 Å². The minimum atomic E-state index is 0.410. The molecule has 1 aliphatic carbocycles. The van der Waals surface area contributed by atoms with Crippen molar-refractivity contribution in [3.63, 3.8) is 0 Å². The Morgan fingerprint density at radius 3 is 1.76 bits per heavy atom. The zero-order chi connectivity index (χ0) is 13.4. The van der Waals surface area contributed by atoms with Crippen molar-refractivity contribution in [3.05, 3.63) is 0 Å². The highest BCUT2D eigenvalue weighted by Gasteiger charge is 2.39. The summed E-state index contributed by atoms with van der Waals surface area (Å²) in [7, 11) is 0. The van der Waals surface area contributed by atoms with Gasteiger partial charge in [-0.25, -0.2) is 0 Å². The van der Waals surface area contributed by atoms with Gasteiger partial charge in [-0.2, -0.15) is 11.8 Å². The van der Waals surface area contributed by atoms with Crippen LogP contribution in [0.25, 0.3) is 0 Å². The van der Waals surface area contributed by atoms with Crippen LogP contribution in [-0.4, -0.2) is 10.00 Å². The predicted octanol–water partition coefficient (Wildman–Crippen LogP) is 5.62. The van der Waals surface area contributed by atoms with Crippen LogP contribution in [-0.2, 0) is 0 Å². The van der Waals surface area contributed by atoms with E-state index >= 15 is 0 Å². The molecule has 0 aliphatic heterocycles. The Morgan fingerprint density at radius 2 is 1.35 bits per heavy atom. The molecule has 0 aromatic rings. The lowest BCUT2D eigenvalue weighted by atomic mass is 9.64. The second-order valence-corrected chi connectivity index (χ2v) is 10.2. The molecule has 0 bridgehead atoms. The lowest BCUT2D eigenvalue weighted by Gasteiger charge is -2.46. The van der Waals surface area contributed by atoms with Crippen LogP contribution in [0.15, 0.2) is 0 Å². The summed E-state index contributed by atoms with van der Waals surface area (Å²) in [6.45, 7) is 19.2. The van der Waals surface area contributed by atoms with E-state index in [4.69, 9.17) is 0 Å². The third kappa shape index (κ3) is 4.50. The molecule has 0 nitrogen and oxygen atoms in total. The largest absolute Gasteiger partial charge is 0.152 e. The Hall–Kier alpha value is 0.350. The highest BCUT2D eigenvalue weighted by Crippen LogP contribution is 2.48. The summed E-state index contributed by atoms with van der Waals surface area (Å²) in [5, 5.41) is 0.864. The molecular weight excluding hydrogens is 224 g/mol. The Bertz CT molecular complexity index is 243. The third-order valence-electron chi connectivity index (χ3n) is 4.17. The maximum atomic E-state index is 2.47. The molecule has 1 saturated carbocycles. The van der Waals surface area contributed by atoms with Gasteiger partial charge in [-0.3, -0.25) is 0 Å². The molecule has 0 amide bonds. The van der Waals surface area contributed by atoms with E-state index in [-0.39, 0.29) is 0 Å². The van der Waals surface area contributed by atoms with Gasteiger partial charge in [0.05, 0.1) is 0 Å². The zero-order valence-corrected chi connectivity index (χ0v) is 13.9. The van der Waals surface area contributed by atoms with E-state index < -0.39 is 0 Å². The Morgan fingerprint density at radius 1 is 0.824 bits per heavy atom. The molecule has 4 unspecified atom stereocenters. The molecule has 0 saturated heterocycles. The van der Waals surface area contributed by atoms with Gasteiger partial charge in [-0.15, -0.1) is 0 Å². The van der Waals surface area contributed by atoms with Crippen LogP contribution in [0.2, 0.25) is 0 Å². The molecule has 0 radical (unpaired) electrons. The SMILES string of the molecule is CC1CC(C(C)(C)C)C(C)CC1SC(C)(C)C. The van der Waals surface area contributed by atoms with Gasteiger partial charge in [0, 0.05) is 10.00 Å². The lowest BCUT2D eigenvalue weighted by Crippen LogP contribution is -2.38. The van der Waals surface area contributed by atoms with Crippen LogP contribution in [0, 0.1) is 23.2 Å². The number of hydrogen-bond donors (Lipinski definition) is 0. The van der Waals surface area contributed by atoms with E-state index in [2.05, 4.69) is 67.2 Å². The first-order chi connectivity index (χ1) is 7.50. The molecule has 0 aromatic carbocycles. The maximum Gasteiger partial charge on any atom is 0.00807 e. The number of thioether (sulfide) groups is 1. The van der Waals surface area contributed by atoms with Crippen molar-refractivity contribution >= 4 is 11.8 Å². The summed E-state index contributed by atoms with van der Waals surface area (Å²) < 4.78 is 0.410. The molecule has 4 atom stereocenters. The van der Waals surface area contributed by atoms with E-state index in [1.54, 1.807) is 0 Å². The van der Waals surface area contributed by atoms with Gasteiger partial charge < -0.3 is 0 Å². The standard InChI is InChI=1S/C16H32S/c1-11-10-14(17-16(6,7)8)12(2)9-13(11)15(3,4)5/h11-14H,9-10H2,1-8H3. The molecular formula is C16H32S. The molecule has 0 aromatic heterocycles. The van der Waals surface area contributed by atoms with Gasteiger partial charge in [0.25, 0.3) is 0 Å². The summed E-state index contributed by atoms with van der Waals surface area (Å²) in [6, 6.07) is 0. The smallest absolute Gasteiger partial charge is 0.00807 e. The van der Waals surface area contributed by atoms with Crippen LogP contribution in [0.4, 0.5) is 0 Å². The van der Waals surface area contributed by atoms with E-state index in [1.165, 1.54) is 12.8 Å². The van der Waals surface area contributed by atoms with Gasteiger partial charge in [0.2, 0.25) is 0 Å². The normalized spacial score (nSPS) is 36.0.